The Morgan fingerprint density at radius 2 is 1.84 bits per heavy atom. The van der Waals surface area contributed by atoms with E-state index < -0.39 is 29.6 Å². The van der Waals surface area contributed by atoms with Gasteiger partial charge in [-0.15, -0.1) is 5.10 Å². The third-order valence-electron chi connectivity index (χ3n) is 7.99. The summed E-state index contributed by atoms with van der Waals surface area (Å²) in [6, 6.07) is 14.2. The first-order valence-corrected chi connectivity index (χ1v) is 14.8. The number of benzene rings is 2. The standard InChI is InChI=1S/C32H43FN6O4/c1-21(34-5)27(40)35-26(32(2,3)4)30(41)39-18-9-12-25(39)20-38(19-17-22-13-15-24(33)16-14-22)31(42)29-37-36-28(43-29)23-10-7-6-8-11-23/h6-8,10-11,13-16,21,25-26,28,34,36H,9,12,17-20H2,1-5H3,(H,35,40)/t21-,25-,26+,28?/m0/s1. The van der Waals surface area contributed by atoms with Crippen molar-refractivity contribution in [2.75, 3.05) is 26.7 Å². The zero-order valence-electron chi connectivity index (χ0n) is 25.6. The van der Waals surface area contributed by atoms with Gasteiger partial charge in [0.05, 0.1) is 6.04 Å². The number of likely N-dealkylation sites (tertiary alicyclic amines) is 1. The molecular formula is C32H43FN6O4. The van der Waals surface area contributed by atoms with Gasteiger partial charge in [0.1, 0.15) is 11.9 Å². The van der Waals surface area contributed by atoms with Crippen molar-refractivity contribution < 1.29 is 23.5 Å². The number of ether oxygens (including phenoxy) is 1. The van der Waals surface area contributed by atoms with Crippen LogP contribution < -0.4 is 16.1 Å². The van der Waals surface area contributed by atoms with Crippen molar-refractivity contribution in [1.82, 2.24) is 25.9 Å². The molecule has 232 valence electrons. The van der Waals surface area contributed by atoms with Gasteiger partial charge in [-0.2, -0.15) is 0 Å². The summed E-state index contributed by atoms with van der Waals surface area (Å²) in [5.41, 5.74) is 4.07. The van der Waals surface area contributed by atoms with E-state index in [-0.39, 0.29) is 36.1 Å². The molecular weight excluding hydrogens is 551 g/mol. The lowest BCUT2D eigenvalue weighted by Crippen LogP contribution is -2.59. The second-order valence-corrected chi connectivity index (χ2v) is 12.2. The third-order valence-corrected chi connectivity index (χ3v) is 7.99. The van der Waals surface area contributed by atoms with E-state index >= 15 is 0 Å². The molecule has 43 heavy (non-hydrogen) atoms. The highest BCUT2D eigenvalue weighted by molar-refractivity contribution is 6.35. The molecule has 2 aromatic carbocycles. The normalized spacial score (nSPS) is 19.6. The summed E-state index contributed by atoms with van der Waals surface area (Å²) in [6.45, 7) is 8.64. The molecule has 1 fully saturated rings. The van der Waals surface area contributed by atoms with Crippen LogP contribution in [0.4, 0.5) is 4.39 Å². The molecule has 2 heterocycles. The van der Waals surface area contributed by atoms with Gasteiger partial charge in [-0.25, -0.2) is 4.39 Å². The lowest BCUT2D eigenvalue weighted by atomic mass is 9.85. The molecule has 0 radical (unpaired) electrons. The third kappa shape index (κ3) is 8.10. The first-order chi connectivity index (χ1) is 20.5. The summed E-state index contributed by atoms with van der Waals surface area (Å²) in [4.78, 5) is 44.0. The Kier molecular flexibility index (Phi) is 10.4. The monoisotopic (exact) mass is 594 g/mol. The van der Waals surface area contributed by atoms with E-state index in [1.165, 1.54) is 12.1 Å². The molecule has 1 unspecified atom stereocenters. The van der Waals surface area contributed by atoms with Crippen molar-refractivity contribution in [1.29, 1.82) is 0 Å². The maximum atomic E-state index is 14.0. The Morgan fingerprint density at radius 1 is 1.14 bits per heavy atom. The van der Waals surface area contributed by atoms with Gasteiger partial charge in [0, 0.05) is 31.2 Å². The van der Waals surface area contributed by atoms with Crippen LogP contribution in [0.1, 0.15) is 57.9 Å². The molecule has 0 spiro atoms. The molecule has 3 amide bonds. The van der Waals surface area contributed by atoms with Crippen molar-refractivity contribution >= 4 is 23.6 Å². The van der Waals surface area contributed by atoms with E-state index in [1.54, 1.807) is 35.9 Å². The van der Waals surface area contributed by atoms with Crippen LogP contribution in [-0.2, 0) is 25.5 Å². The maximum absolute atomic E-state index is 14.0. The second-order valence-electron chi connectivity index (χ2n) is 12.2. The summed E-state index contributed by atoms with van der Waals surface area (Å²) < 4.78 is 19.4. The van der Waals surface area contributed by atoms with Crippen LogP contribution in [0.25, 0.3) is 0 Å². The molecule has 10 nitrogen and oxygen atoms in total. The maximum Gasteiger partial charge on any atom is 0.311 e. The van der Waals surface area contributed by atoms with Crippen LogP contribution in [0.15, 0.2) is 59.7 Å². The Hall–Kier alpha value is -3.99. The minimum Gasteiger partial charge on any atom is -0.443 e. The van der Waals surface area contributed by atoms with Crippen LogP contribution in [-0.4, -0.2) is 78.2 Å². The number of nitrogens with zero attached hydrogens (tertiary/aromatic N) is 3. The first kappa shape index (κ1) is 31.9. The Labute approximate surface area is 253 Å². The molecule has 2 aromatic rings. The van der Waals surface area contributed by atoms with Gasteiger partial charge in [0.15, 0.2) is 0 Å². The van der Waals surface area contributed by atoms with Gasteiger partial charge >= 0.3 is 5.91 Å². The van der Waals surface area contributed by atoms with Gasteiger partial charge in [-0.3, -0.25) is 19.8 Å². The molecule has 2 aliphatic heterocycles. The summed E-state index contributed by atoms with van der Waals surface area (Å²) in [6.07, 6.45) is 1.39. The highest BCUT2D eigenvalue weighted by atomic mass is 19.1. The summed E-state index contributed by atoms with van der Waals surface area (Å²) in [5, 5.41) is 10.1. The van der Waals surface area contributed by atoms with Crippen molar-refractivity contribution in [2.24, 2.45) is 10.5 Å². The first-order valence-electron chi connectivity index (χ1n) is 14.8. The fraction of sp³-hybridized carbons (Fsp3) is 0.500. The number of likely N-dealkylation sites (N-methyl/N-ethyl adjacent to an activating group) is 1. The van der Waals surface area contributed by atoms with Crippen LogP contribution in [0, 0.1) is 11.2 Å². The topological polar surface area (TPSA) is 115 Å². The number of hydrogen-bond acceptors (Lipinski definition) is 7. The smallest absolute Gasteiger partial charge is 0.311 e. The van der Waals surface area contributed by atoms with Crippen LogP contribution in [0.3, 0.4) is 0 Å². The SMILES string of the molecule is CN[C@@H](C)C(=O)N[C@H](C(=O)N1CCC[C@H]1CN(CCc1ccc(F)cc1)C(=O)C1=NNC(c2ccccc2)O1)C(C)(C)C. The molecule has 3 N–H and O–H groups in total. The quantitative estimate of drug-likeness (QED) is 0.369. The number of halogens is 1. The number of carbonyl (C=O) groups is 3. The minimum atomic E-state index is -0.738. The van der Waals surface area contributed by atoms with Crippen molar-refractivity contribution in [3.05, 3.63) is 71.5 Å². The fourth-order valence-corrected chi connectivity index (χ4v) is 5.26. The number of amides is 3. The number of hydrogen-bond donors (Lipinski definition) is 3. The summed E-state index contributed by atoms with van der Waals surface area (Å²) in [7, 11) is 1.70. The average Bonchev–Trinajstić information content (AvgIpc) is 3.68. The molecule has 0 aliphatic carbocycles. The lowest BCUT2D eigenvalue weighted by molar-refractivity contribution is -0.141. The fourth-order valence-electron chi connectivity index (χ4n) is 5.26. The largest absolute Gasteiger partial charge is 0.443 e. The predicted octanol–water partition coefficient (Wildman–Crippen LogP) is 2.96. The van der Waals surface area contributed by atoms with E-state index in [0.717, 1.165) is 17.5 Å². The van der Waals surface area contributed by atoms with Crippen LogP contribution >= 0.6 is 0 Å². The molecule has 0 bridgehead atoms. The zero-order valence-corrected chi connectivity index (χ0v) is 25.6. The Morgan fingerprint density at radius 3 is 2.49 bits per heavy atom. The minimum absolute atomic E-state index is 0.0512. The highest BCUT2D eigenvalue weighted by Crippen LogP contribution is 2.27. The lowest BCUT2D eigenvalue weighted by Gasteiger charge is -2.37. The number of nitrogens with one attached hydrogen (secondary N) is 3. The van der Waals surface area contributed by atoms with Gasteiger partial charge in [-0.05, 0) is 56.3 Å². The summed E-state index contributed by atoms with van der Waals surface area (Å²) in [5.74, 6) is -1.19. The van der Waals surface area contributed by atoms with Crippen LogP contribution in [0.2, 0.25) is 0 Å². The number of hydrazone groups is 1. The van der Waals surface area contributed by atoms with Gasteiger partial charge in [-0.1, -0.05) is 63.2 Å². The zero-order chi connectivity index (χ0) is 31.1. The molecule has 11 heteroatoms. The average molecular weight is 595 g/mol. The Bertz CT molecular complexity index is 1300. The van der Waals surface area contributed by atoms with E-state index in [4.69, 9.17) is 4.74 Å². The second kappa shape index (κ2) is 14.0. The van der Waals surface area contributed by atoms with Gasteiger partial charge < -0.3 is 25.2 Å². The molecule has 0 aromatic heterocycles. The van der Waals surface area contributed by atoms with Gasteiger partial charge in [0.25, 0.3) is 5.90 Å². The number of carbonyl (C=O) groups excluding carboxylic acids is 3. The van der Waals surface area contributed by atoms with Crippen LogP contribution in [0.5, 0.6) is 0 Å². The molecule has 4 rings (SSSR count). The highest BCUT2D eigenvalue weighted by Gasteiger charge is 2.41. The Balaban J connectivity index is 1.52. The molecule has 0 saturated carbocycles. The van der Waals surface area contributed by atoms with E-state index in [0.29, 0.717) is 25.9 Å². The van der Waals surface area contributed by atoms with E-state index in [1.807, 2.05) is 51.1 Å². The molecule has 1 saturated heterocycles. The predicted molar refractivity (Wildman–Crippen MR) is 162 cm³/mol. The van der Waals surface area contributed by atoms with E-state index in [9.17, 15) is 18.8 Å². The molecule has 2 aliphatic rings. The number of rotatable bonds is 11. The summed E-state index contributed by atoms with van der Waals surface area (Å²) >= 11 is 0. The van der Waals surface area contributed by atoms with Crippen molar-refractivity contribution in [3.8, 4) is 0 Å². The van der Waals surface area contributed by atoms with Crippen molar-refractivity contribution in [3.63, 3.8) is 0 Å². The van der Waals surface area contributed by atoms with Gasteiger partial charge in [0.2, 0.25) is 18.0 Å². The molecule has 4 atom stereocenters. The van der Waals surface area contributed by atoms with E-state index in [2.05, 4.69) is 21.2 Å². The van der Waals surface area contributed by atoms with Crippen molar-refractivity contribution in [2.45, 2.75) is 71.3 Å².